The molecule has 1 unspecified atom stereocenters. The van der Waals surface area contributed by atoms with E-state index in [4.69, 9.17) is 4.74 Å². The molecule has 4 aromatic rings. The second kappa shape index (κ2) is 8.83. The number of para-hydroxylation sites is 3. The molecule has 1 amide bonds. The number of nitrogens with zero attached hydrogens (tertiary/aromatic N) is 1. The molecule has 31 heavy (non-hydrogen) atoms. The lowest BCUT2D eigenvalue weighted by Gasteiger charge is -2.17. The van der Waals surface area contributed by atoms with Crippen molar-refractivity contribution in [2.75, 3.05) is 5.32 Å². The molecule has 3 aromatic carbocycles. The average Bonchev–Trinajstić information content (AvgIpc) is 3.23. The Morgan fingerprint density at radius 1 is 1.00 bits per heavy atom. The highest BCUT2D eigenvalue weighted by Crippen LogP contribution is 2.25. The van der Waals surface area contributed by atoms with Gasteiger partial charge in [-0.25, -0.2) is 9.78 Å². The molecule has 0 spiro atoms. The van der Waals surface area contributed by atoms with E-state index in [9.17, 15) is 9.59 Å². The number of H-pyrrole nitrogens is 1. The molecule has 0 fully saturated rings. The van der Waals surface area contributed by atoms with Gasteiger partial charge in [0.25, 0.3) is 5.91 Å². The van der Waals surface area contributed by atoms with E-state index in [1.54, 1.807) is 19.1 Å². The molecule has 0 aliphatic rings. The maximum Gasteiger partial charge on any atom is 0.339 e. The second-order valence-corrected chi connectivity index (χ2v) is 7.25. The van der Waals surface area contributed by atoms with Gasteiger partial charge in [-0.1, -0.05) is 55.5 Å². The van der Waals surface area contributed by atoms with Crippen molar-refractivity contribution < 1.29 is 14.3 Å². The molecule has 6 heteroatoms. The Hall–Kier alpha value is -3.93. The summed E-state index contributed by atoms with van der Waals surface area (Å²) in [5, 5.41) is 2.85. The smallest absolute Gasteiger partial charge is 0.339 e. The lowest BCUT2D eigenvalue weighted by molar-refractivity contribution is -0.124. The highest BCUT2D eigenvalue weighted by atomic mass is 16.5. The van der Waals surface area contributed by atoms with Gasteiger partial charge < -0.3 is 15.0 Å². The highest BCUT2D eigenvalue weighted by Gasteiger charge is 2.24. The van der Waals surface area contributed by atoms with Gasteiger partial charge in [0.05, 0.1) is 16.6 Å². The van der Waals surface area contributed by atoms with Crippen molar-refractivity contribution in [2.24, 2.45) is 0 Å². The molecule has 0 aliphatic heterocycles. The number of aromatic nitrogens is 2. The van der Waals surface area contributed by atoms with Crippen molar-refractivity contribution in [2.45, 2.75) is 26.4 Å². The zero-order chi connectivity index (χ0) is 21.8. The van der Waals surface area contributed by atoms with Crippen LogP contribution in [0, 0.1) is 6.92 Å². The highest BCUT2D eigenvalue weighted by molar-refractivity contribution is 6.00. The number of esters is 1. The SMILES string of the molecule is CCC(OC(=O)c1ccccc1-c1nc2ccccc2[nH]1)C(=O)Nc1ccccc1C. The summed E-state index contributed by atoms with van der Waals surface area (Å²) in [5.74, 6) is -0.347. The number of nitrogens with one attached hydrogen (secondary N) is 2. The first-order valence-corrected chi connectivity index (χ1v) is 10.2. The number of aromatic amines is 1. The standard InChI is InChI=1S/C25H23N3O3/c1-3-22(24(29)28-19-13-7-4-10-16(19)2)31-25(30)18-12-6-5-11-17(18)23-26-20-14-8-9-15-21(20)27-23/h4-15,22H,3H2,1-2H3,(H,26,27)(H,28,29). The minimum Gasteiger partial charge on any atom is -0.449 e. The molecule has 1 heterocycles. The summed E-state index contributed by atoms with van der Waals surface area (Å²) in [4.78, 5) is 33.6. The number of benzene rings is 3. The van der Waals surface area contributed by atoms with E-state index in [1.165, 1.54) is 0 Å². The molecule has 2 N–H and O–H groups in total. The van der Waals surface area contributed by atoms with Crippen LogP contribution in [-0.4, -0.2) is 27.9 Å². The number of rotatable bonds is 6. The van der Waals surface area contributed by atoms with Crippen LogP contribution < -0.4 is 5.32 Å². The Bertz CT molecular complexity index is 1210. The summed E-state index contributed by atoms with van der Waals surface area (Å²) in [6, 6.07) is 22.2. The van der Waals surface area contributed by atoms with Crippen LogP contribution in [0.4, 0.5) is 5.69 Å². The number of amides is 1. The molecule has 1 atom stereocenters. The third-order valence-corrected chi connectivity index (χ3v) is 5.11. The lowest BCUT2D eigenvalue weighted by Crippen LogP contribution is -2.32. The molecule has 0 saturated carbocycles. The van der Waals surface area contributed by atoms with Crippen LogP contribution in [0.2, 0.25) is 0 Å². The molecule has 6 nitrogen and oxygen atoms in total. The molecular formula is C25H23N3O3. The number of anilines is 1. The molecule has 0 radical (unpaired) electrons. The largest absolute Gasteiger partial charge is 0.449 e. The van der Waals surface area contributed by atoms with Gasteiger partial charge in [-0.2, -0.15) is 0 Å². The Morgan fingerprint density at radius 3 is 2.48 bits per heavy atom. The zero-order valence-corrected chi connectivity index (χ0v) is 17.4. The molecule has 4 rings (SSSR count). The van der Waals surface area contributed by atoms with Gasteiger partial charge in [0.15, 0.2) is 6.10 Å². The van der Waals surface area contributed by atoms with E-state index in [-0.39, 0.29) is 5.91 Å². The van der Waals surface area contributed by atoms with Crippen molar-refractivity contribution in [1.82, 2.24) is 9.97 Å². The summed E-state index contributed by atoms with van der Waals surface area (Å²) in [5.41, 5.74) is 4.30. The van der Waals surface area contributed by atoms with Crippen LogP contribution in [0.1, 0.15) is 29.3 Å². The fourth-order valence-corrected chi connectivity index (χ4v) is 3.39. The first-order valence-electron chi connectivity index (χ1n) is 10.2. The molecule has 1 aromatic heterocycles. The molecule has 0 saturated heterocycles. The van der Waals surface area contributed by atoms with Crippen LogP contribution in [-0.2, 0) is 9.53 Å². The summed E-state index contributed by atoms with van der Waals surface area (Å²) < 4.78 is 5.60. The first kappa shape index (κ1) is 20.3. The molecular weight excluding hydrogens is 390 g/mol. The lowest BCUT2D eigenvalue weighted by atomic mass is 10.1. The monoisotopic (exact) mass is 413 g/mol. The third kappa shape index (κ3) is 4.33. The van der Waals surface area contributed by atoms with Crippen LogP contribution in [0.25, 0.3) is 22.4 Å². The van der Waals surface area contributed by atoms with Crippen molar-refractivity contribution in [3.05, 3.63) is 83.9 Å². The summed E-state index contributed by atoms with van der Waals surface area (Å²) in [6.07, 6.45) is -0.549. The van der Waals surface area contributed by atoms with E-state index >= 15 is 0 Å². The zero-order valence-electron chi connectivity index (χ0n) is 17.4. The van der Waals surface area contributed by atoms with Gasteiger partial charge >= 0.3 is 5.97 Å². The number of hydrogen-bond donors (Lipinski definition) is 2. The van der Waals surface area contributed by atoms with E-state index in [0.717, 1.165) is 16.6 Å². The second-order valence-electron chi connectivity index (χ2n) is 7.25. The Kier molecular flexibility index (Phi) is 5.80. The number of hydrogen-bond acceptors (Lipinski definition) is 4. The van der Waals surface area contributed by atoms with E-state index in [2.05, 4.69) is 15.3 Å². The van der Waals surface area contributed by atoms with Crippen molar-refractivity contribution in [3.8, 4) is 11.4 Å². The van der Waals surface area contributed by atoms with Crippen LogP contribution in [0.3, 0.4) is 0 Å². The number of carbonyl (C=O) groups is 2. The minimum absolute atomic E-state index is 0.351. The van der Waals surface area contributed by atoms with Crippen molar-refractivity contribution in [3.63, 3.8) is 0 Å². The van der Waals surface area contributed by atoms with Crippen LogP contribution >= 0.6 is 0 Å². The fraction of sp³-hybridized carbons (Fsp3) is 0.160. The Labute approximate surface area is 180 Å². The van der Waals surface area contributed by atoms with E-state index < -0.39 is 12.1 Å². The maximum absolute atomic E-state index is 13.0. The normalized spacial score (nSPS) is 11.8. The maximum atomic E-state index is 13.0. The van der Waals surface area contributed by atoms with Gasteiger partial charge in [-0.3, -0.25) is 4.79 Å². The minimum atomic E-state index is -0.907. The molecule has 156 valence electrons. The Morgan fingerprint density at radius 2 is 1.71 bits per heavy atom. The summed E-state index contributed by atoms with van der Waals surface area (Å²) in [6.45, 7) is 3.71. The van der Waals surface area contributed by atoms with E-state index in [0.29, 0.717) is 29.1 Å². The van der Waals surface area contributed by atoms with Gasteiger partial charge in [-0.05, 0) is 43.2 Å². The van der Waals surface area contributed by atoms with Crippen molar-refractivity contribution in [1.29, 1.82) is 0 Å². The quantitative estimate of drug-likeness (QED) is 0.430. The van der Waals surface area contributed by atoms with Crippen LogP contribution in [0.5, 0.6) is 0 Å². The van der Waals surface area contributed by atoms with Crippen molar-refractivity contribution >= 4 is 28.6 Å². The molecule has 0 bridgehead atoms. The number of carbonyl (C=O) groups excluding carboxylic acids is 2. The van der Waals surface area contributed by atoms with E-state index in [1.807, 2.05) is 67.6 Å². The summed E-state index contributed by atoms with van der Waals surface area (Å²) >= 11 is 0. The number of aryl methyl sites for hydroxylation is 1. The fourth-order valence-electron chi connectivity index (χ4n) is 3.39. The average molecular weight is 413 g/mol. The van der Waals surface area contributed by atoms with Crippen LogP contribution in [0.15, 0.2) is 72.8 Å². The first-order chi connectivity index (χ1) is 15.1. The van der Waals surface area contributed by atoms with Gasteiger partial charge in [0.2, 0.25) is 0 Å². The summed E-state index contributed by atoms with van der Waals surface area (Å²) in [7, 11) is 0. The topological polar surface area (TPSA) is 84.1 Å². The number of fused-ring (bicyclic) bond motifs is 1. The van der Waals surface area contributed by atoms with Gasteiger partial charge in [-0.15, -0.1) is 0 Å². The van der Waals surface area contributed by atoms with Gasteiger partial charge in [0, 0.05) is 11.3 Å². The number of imidazole rings is 1. The predicted octanol–water partition coefficient (Wildman–Crippen LogP) is 5.11. The van der Waals surface area contributed by atoms with Gasteiger partial charge in [0.1, 0.15) is 5.82 Å². The Balaban J connectivity index is 1.56. The number of ether oxygens (including phenoxy) is 1. The third-order valence-electron chi connectivity index (χ3n) is 5.11. The molecule has 0 aliphatic carbocycles. The predicted molar refractivity (Wildman–Crippen MR) is 121 cm³/mol.